The predicted molar refractivity (Wildman–Crippen MR) is 118 cm³/mol. The lowest BCUT2D eigenvalue weighted by atomic mass is 10.0. The molecular formula is C23H18Cl2N2O4. The van der Waals surface area contributed by atoms with Crippen LogP contribution in [0.5, 0.6) is 11.6 Å². The first-order valence-corrected chi connectivity index (χ1v) is 10.1. The second-order valence-electron chi connectivity index (χ2n) is 6.79. The lowest BCUT2D eigenvalue weighted by Gasteiger charge is -2.16. The van der Waals surface area contributed by atoms with Crippen LogP contribution in [0.25, 0.3) is 0 Å². The number of nitrogens with zero attached hydrogens (tertiary/aromatic N) is 2. The number of Topliss-reactive ketones (excluding diaryl/α,β-unsaturated/α-hetero) is 1. The molecule has 0 saturated carbocycles. The monoisotopic (exact) mass is 456 g/mol. The minimum absolute atomic E-state index is 0.105. The molecule has 3 aromatic rings. The number of carbonyl (C=O) groups excluding carboxylic acids is 1. The molecule has 0 saturated heterocycles. The lowest BCUT2D eigenvalue weighted by molar-refractivity contribution is 0.0916. The Balaban J connectivity index is 1.92. The fraction of sp³-hybridized carbons (Fsp3) is 0.174. The zero-order valence-electron chi connectivity index (χ0n) is 16.6. The van der Waals surface area contributed by atoms with Crippen LogP contribution in [-0.2, 0) is 13.0 Å². The first-order chi connectivity index (χ1) is 14.8. The van der Waals surface area contributed by atoms with Crippen molar-refractivity contribution in [3.05, 3.63) is 91.2 Å². The predicted octanol–water partition coefficient (Wildman–Crippen LogP) is 4.55. The van der Waals surface area contributed by atoms with Gasteiger partial charge in [-0.05, 0) is 42.7 Å². The number of hydrogen-bond donors (Lipinski definition) is 1. The summed E-state index contributed by atoms with van der Waals surface area (Å²) in [5.74, 6) is -0.839. The smallest absolute Gasteiger partial charge is 0.271 e. The topological polar surface area (TPSA) is 92.3 Å². The number of ether oxygens (including phenoxy) is 1. The minimum Gasteiger partial charge on any atom is -0.494 e. The van der Waals surface area contributed by atoms with Crippen LogP contribution in [0.2, 0.25) is 10.0 Å². The van der Waals surface area contributed by atoms with Crippen molar-refractivity contribution >= 4 is 29.0 Å². The maximum atomic E-state index is 12.9. The van der Waals surface area contributed by atoms with Gasteiger partial charge >= 0.3 is 0 Å². The third-order valence-electron chi connectivity index (χ3n) is 4.80. The summed E-state index contributed by atoms with van der Waals surface area (Å²) in [4.78, 5) is 25.6. The second-order valence-corrected chi connectivity index (χ2v) is 7.63. The highest BCUT2D eigenvalue weighted by Gasteiger charge is 2.24. The third kappa shape index (κ3) is 4.91. The van der Waals surface area contributed by atoms with Gasteiger partial charge in [0.05, 0.1) is 10.6 Å². The molecule has 1 aromatic heterocycles. The first-order valence-electron chi connectivity index (χ1n) is 9.35. The molecule has 1 N–H and O–H groups in total. The van der Waals surface area contributed by atoms with Crippen molar-refractivity contribution < 1.29 is 14.6 Å². The summed E-state index contributed by atoms with van der Waals surface area (Å²) in [6, 6.07) is 15.8. The van der Waals surface area contributed by atoms with Gasteiger partial charge in [-0.2, -0.15) is 5.26 Å². The molecule has 158 valence electrons. The molecular weight excluding hydrogens is 439 g/mol. The van der Waals surface area contributed by atoms with Gasteiger partial charge in [0, 0.05) is 11.6 Å². The van der Waals surface area contributed by atoms with E-state index in [1.165, 1.54) is 19.1 Å². The molecule has 0 atom stereocenters. The number of halogens is 2. The Morgan fingerprint density at radius 1 is 1.19 bits per heavy atom. The average molecular weight is 457 g/mol. The van der Waals surface area contributed by atoms with Gasteiger partial charge in [-0.3, -0.25) is 14.2 Å². The molecule has 0 spiro atoms. The highest BCUT2D eigenvalue weighted by molar-refractivity contribution is 6.35. The standard InChI is InChI=1S/C23H18Cl2N2O4/c1-14-17(12-26)22(29)27(10-9-15-5-3-2-4-6-15)23(30)21(14)19(28)13-31-20-8-7-16(24)11-18(20)25/h2-8,11,30H,9-10,13H2,1H3. The maximum Gasteiger partial charge on any atom is 0.271 e. The normalized spacial score (nSPS) is 10.5. The first kappa shape index (κ1) is 22.4. The molecule has 0 bridgehead atoms. The number of nitriles is 1. The molecule has 0 amide bonds. The number of ketones is 1. The van der Waals surface area contributed by atoms with Crippen LogP contribution in [0.15, 0.2) is 53.3 Å². The van der Waals surface area contributed by atoms with E-state index in [2.05, 4.69) is 0 Å². The highest BCUT2D eigenvalue weighted by atomic mass is 35.5. The summed E-state index contributed by atoms with van der Waals surface area (Å²) < 4.78 is 6.51. The zero-order chi connectivity index (χ0) is 22.5. The van der Waals surface area contributed by atoms with E-state index in [0.717, 1.165) is 10.1 Å². The van der Waals surface area contributed by atoms with Crippen molar-refractivity contribution in [2.45, 2.75) is 19.9 Å². The minimum atomic E-state index is -0.647. The summed E-state index contributed by atoms with van der Waals surface area (Å²) in [6.45, 7) is 1.11. The van der Waals surface area contributed by atoms with Crippen molar-refractivity contribution in [3.8, 4) is 17.7 Å². The van der Waals surface area contributed by atoms with Crippen molar-refractivity contribution in [1.82, 2.24) is 4.57 Å². The highest BCUT2D eigenvalue weighted by Crippen LogP contribution is 2.28. The summed E-state index contributed by atoms with van der Waals surface area (Å²) in [5, 5.41) is 20.8. The Hall–Kier alpha value is -3.27. The molecule has 0 aliphatic heterocycles. The molecule has 31 heavy (non-hydrogen) atoms. The number of pyridine rings is 1. The molecule has 8 heteroatoms. The van der Waals surface area contributed by atoms with E-state index in [9.17, 15) is 20.0 Å². The van der Waals surface area contributed by atoms with Gasteiger partial charge in [0.25, 0.3) is 5.56 Å². The fourth-order valence-electron chi connectivity index (χ4n) is 3.19. The molecule has 0 aliphatic carbocycles. The number of hydrogen-bond acceptors (Lipinski definition) is 5. The molecule has 0 aliphatic rings. The van der Waals surface area contributed by atoms with Crippen LogP contribution in [0.4, 0.5) is 0 Å². The van der Waals surface area contributed by atoms with Gasteiger partial charge in [-0.15, -0.1) is 0 Å². The number of aromatic nitrogens is 1. The van der Waals surface area contributed by atoms with E-state index in [1.807, 2.05) is 36.4 Å². The van der Waals surface area contributed by atoms with Gasteiger partial charge in [0.15, 0.2) is 6.61 Å². The number of aryl methyl sites for hydroxylation is 1. The van der Waals surface area contributed by atoms with E-state index >= 15 is 0 Å². The van der Waals surface area contributed by atoms with Crippen LogP contribution < -0.4 is 10.3 Å². The van der Waals surface area contributed by atoms with E-state index in [4.69, 9.17) is 27.9 Å². The molecule has 3 rings (SSSR count). The van der Waals surface area contributed by atoms with E-state index < -0.39 is 23.8 Å². The fourth-order valence-corrected chi connectivity index (χ4v) is 3.65. The molecule has 1 heterocycles. The number of carbonyl (C=O) groups is 1. The summed E-state index contributed by atoms with van der Waals surface area (Å²) in [5.41, 5.74) is 0.0814. The van der Waals surface area contributed by atoms with Gasteiger partial charge in [0.2, 0.25) is 11.7 Å². The summed E-state index contributed by atoms with van der Waals surface area (Å²) in [7, 11) is 0. The van der Waals surface area contributed by atoms with Gasteiger partial charge in [-0.25, -0.2) is 0 Å². The van der Waals surface area contributed by atoms with E-state index in [-0.39, 0.29) is 34.0 Å². The van der Waals surface area contributed by atoms with Gasteiger partial charge in [-0.1, -0.05) is 53.5 Å². The largest absolute Gasteiger partial charge is 0.494 e. The summed E-state index contributed by atoms with van der Waals surface area (Å²) in [6.07, 6.45) is 0.437. The van der Waals surface area contributed by atoms with Crippen molar-refractivity contribution in [1.29, 1.82) is 5.26 Å². The Kier molecular flexibility index (Phi) is 7.01. The maximum absolute atomic E-state index is 12.9. The SMILES string of the molecule is Cc1c(C(=O)COc2ccc(Cl)cc2Cl)c(O)n(CCc2ccccc2)c(=O)c1C#N. The van der Waals surface area contributed by atoms with Crippen LogP contribution in [0, 0.1) is 18.3 Å². The average Bonchev–Trinajstić information content (AvgIpc) is 2.74. The molecule has 0 radical (unpaired) electrons. The van der Waals surface area contributed by atoms with E-state index in [1.54, 1.807) is 6.07 Å². The van der Waals surface area contributed by atoms with Crippen LogP contribution in [-0.4, -0.2) is 22.1 Å². The van der Waals surface area contributed by atoms with Crippen molar-refractivity contribution in [2.75, 3.05) is 6.61 Å². The second kappa shape index (κ2) is 9.69. The zero-order valence-corrected chi connectivity index (χ0v) is 18.1. The Bertz CT molecular complexity index is 1230. The third-order valence-corrected chi connectivity index (χ3v) is 5.33. The van der Waals surface area contributed by atoms with Crippen molar-refractivity contribution in [2.24, 2.45) is 0 Å². The Morgan fingerprint density at radius 2 is 1.90 bits per heavy atom. The lowest BCUT2D eigenvalue weighted by Crippen LogP contribution is -2.28. The van der Waals surface area contributed by atoms with Crippen LogP contribution in [0.1, 0.15) is 27.0 Å². The molecule has 2 aromatic carbocycles. The number of rotatable bonds is 7. The van der Waals surface area contributed by atoms with Crippen LogP contribution >= 0.6 is 23.2 Å². The van der Waals surface area contributed by atoms with Gasteiger partial charge in [0.1, 0.15) is 17.4 Å². The number of aromatic hydroxyl groups is 1. The molecule has 0 unspecified atom stereocenters. The van der Waals surface area contributed by atoms with Crippen molar-refractivity contribution in [3.63, 3.8) is 0 Å². The quantitative estimate of drug-likeness (QED) is 0.526. The Morgan fingerprint density at radius 3 is 2.55 bits per heavy atom. The van der Waals surface area contributed by atoms with Gasteiger partial charge < -0.3 is 9.84 Å². The molecule has 6 nitrogen and oxygen atoms in total. The molecule has 0 fully saturated rings. The van der Waals surface area contributed by atoms with Crippen LogP contribution in [0.3, 0.4) is 0 Å². The Labute approximate surface area is 188 Å². The van der Waals surface area contributed by atoms with E-state index in [0.29, 0.717) is 11.4 Å². The summed E-state index contributed by atoms with van der Waals surface area (Å²) >= 11 is 11.9. The number of benzene rings is 2.